The molecule has 0 spiro atoms. The van der Waals surface area contributed by atoms with Crippen LogP contribution in [0.4, 0.5) is 0 Å². The van der Waals surface area contributed by atoms with E-state index in [4.69, 9.17) is 0 Å². The maximum Gasteiger partial charge on any atom is 0.255 e. The van der Waals surface area contributed by atoms with Crippen molar-refractivity contribution >= 4 is 5.91 Å². The van der Waals surface area contributed by atoms with E-state index >= 15 is 0 Å². The molecule has 0 saturated heterocycles. The van der Waals surface area contributed by atoms with E-state index in [1.807, 2.05) is 45.2 Å². The number of nitrogens with one attached hydrogen (secondary N) is 1. The molecule has 6 heteroatoms. The lowest BCUT2D eigenvalue weighted by atomic mass is 10.1. The van der Waals surface area contributed by atoms with E-state index in [1.54, 1.807) is 23.0 Å². The number of aryl methyl sites for hydroxylation is 2. The summed E-state index contributed by atoms with van der Waals surface area (Å²) in [5.41, 5.74) is 2.33. The number of carbonyl (C=O) groups is 1. The first-order valence-electron chi connectivity index (χ1n) is 7.67. The first-order valence-corrected chi connectivity index (χ1v) is 7.67. The van der Waals surface area contributed by atoms with Gasteiger partial charge in [-0.1, -0.05) is 13.0 Å². The molecule has 0 aliphatic carbocycles. The van der Waals surface area contributed by atoms with Crippen molar-refractivity contribution in [3.63, 3.8) is 0 Å². The van der Waals surface area contributed by atoms with E-state index in [1.165, 1.54) is 0 Å². The van der Waals surface area contributed by atoms with Crippen molar-refractivity contribution in [1.82, 2.24) is 20.0 Å². The zero-order valence-electron chi connectivity index (χ0n) is 14.1. The number of nitrogens with zero attached hydrogens (tertiary/aromatic N) is 3. The minimum absolute atomic E-state index is 0.0182. The lowest BCUT2D eigenvalue weighted by molar-refractivity contribution is 0.0939. The number of hydrogen-bond donors (Lipinski definition) is 2. The maximum absolute atomic E-state index is 12.3. The van der Waals surface area contributed by atoms with E-state index in [-0.39, 0.29) is 17.7 Å². The van der Waals surface area contributed by atoms with E-state index in [0.717, 1.165) is 17.5 Å². The van der Waals surface area contributed by atoms with Gasteiger partial charge in [0.05, 0.1) is 17.8 Å². The fraction of sp³-hybridized carbons (Fsp3) is 0.412. The van der Waals surface area contributed by atoms with Gasteiger partial charge < -0.3 is 15.3 Å². The number of benzene rings is 1. The predicted molar refractivity (Wildman–Crippen MR) is 89.5 cm³/mol. The van der Waals surface area contributed by atoms with Gasteiger partial charge in [0.1, 0.15) is 5.75 Å². The van der Waals surface area contributed by atoms with Crippen molar-refractivity contribution in [3.05, 3.63) is 47.3 Å². The third kappa shape index (κ3) is 4.10. The second kappa shape index (κ2) is 7.28. The first kappa shape index (κ1) is 17.0. The Kier molecular flexibility index (Phi) is 5.39. The SMILES string of the molecule is CCc1ccc(C(=O)NC[C@@H](c2cnn(C)c2)N(C)C)c(O)c1. The van der Waals surface area contributed by atoms with Gasteiger partial charge in [0.25, 0.3) is 5.91 Å². The highest BCUT2D eigenvalue weighted by molar-refractivity contribution is 5.96. The highest BCUT2D eigenvalue weighted by Gasteiger charge is 2.18. The zero-order chi connectivity index (χ0) is 17.0. The number of rotatable bonds is 6. The summed E-state index contributed by atoms with van der Waals surface area (Å²) in [6, 6.07) is 5.18. The summed E-state index contributed by atoms with van der Waals surface area (Å²) in [7, 11) is 5.77. The normalized spacial score (nSPS) is 12.4. The van der Waals surface area contributed by atoms with Crippen molar-refractivity contribution in [1.29, 1.82) is 0 Å². The van der Waals surface area contributed by atoms with Crippen molar-refractivity contribution in [3.8, 4) is 5.75 Å². The van der Waals surface area contributed by atoms with Crippen molar-refractivity contribution in [2.24, 2.45) is 7.05 Å². The number of likely N-dealkylation sites (N-methyl/N-ethyl adjacent to an activating group) is 1. The minimum atomic E-state index is -0.277. The molecule has 0 aliphatic rings. The Labute approximate surface area is 136 Å². The Hall–Kier alpha value is -2.34. The zero-order valence-corrected chi connectivity index (χ0v) is 14.1. The minimum Gasteiger partial charge on any atom is -0.507 e. The van der Waals surface area contributed by atoms with Crippen molar-refractivity contribution < 1.29 is 9.90 Å². The number of phenols is 1. The number of phenolic OH excluding ortho intramolecular Hbond substituents is 1. The molecule has 1 aromatic carbocycles. The van der Waals surface area contributed by atoms with Gasteiger partial charge in [0.15, 0.2) is 0 Å². The monoisotopic (exact) mass is 316 g/mol. The van der Waals surface area contributed by atoms with Gasteiger partial charge in [-0.2, -0.15) is 5.10 Å². The van der Waals surface area contributed by atoms with Crippen molar-refractivity contribution in [2.75, 3.05) is 20.6 Å². The molecule has 0 saturated carbocycles. The number of hydrogen-bond acceptors (Lipinski definition) is 4. The Bertz CT molecular complexity index is 679. The van der Waals surface area contributed by atoms with Crippen LogP contribution in [0.5, 0.6) is 5.75 Å². The fourth-order valence-electron chi connectivity index (χ4n) is 2.48. The molecule has 1 atom stereocenters. The average molecular weight is 316 g/mol. The molecule has 0 fully saturated rings. The van der Waals surface area contributed by atoms with Crippen LogP contribution in [0.3, 0.4) is 0 Å². The van der Waals surface area contributed by atoms with E-state index in [2.05, 4.69) is 10.4 Å². The first-order chi connectivity index (χ1) is 10.9. The van der Waals surface area contributed by atoms with Crippen LogP contribution in [0.1, 0.15) is 34.5 Å². The number of aromatic hydroxyl groups is 1. The predicted octanol–water partition coefficient (Wildman–Crippen LogP) is 1.72. The van der Waals surface area contributed by atoms with Crippen LogP contribution in [-0.2, 0) is 13.5 Å². The smallest absolute Gasteiger partial charge is 0.255 e. The van der Waals surface area contributed by atoms with E-state index in [0.29, 0.717) is 12.1 Å². The van der Waals surface area contributed by atoms with Crippen LogP contribution in [-0.4, -0.2) is 46.3 Å². The molecule has 1 aromatic heterocycles. The molecule has 0 radical (unpaired) electrons. The Morgan fingerprint density at radius 2 is 2.17 bits per heavy atom. The summed E-state index contributed by atoms with van der Waals surface area (Å²) in [5, 5.41) is 17.1. The topological polar surface area (TPSA) is 70.4 Å². The molecule has 1 amide bonds. The molecule has 124 valence electrons. The summed E-state index contributed by atoms with van der Waals surface area (Å²) >= 11 is 0. The van der Waals surface area contributed by atoms with Gasteiger partial charge in [-0.25, -0.2) is 0 Å². The molecule has 2 N–H and O–H groups in total. The van der Waals surface area contributed by atoms with Crippen LogP contribution in [0, 0.1) is 0 Å². The molecule has 1 heterocycles. The molecule has 2 rings (SSSR count). The lowest BCUT2D eigenvalue weighted by Gasteiger charge is -2.23. The van der Waals surface area contributed by atoms with Crippen LogP contribution in [0.25, 0.3) is 0 Å². The number of aromatic nitrogens is 2. The molecule has 2 aromatic rings. The molecular formula is C17H24N4O2. The standard InChI is InChI=1S/C17H24N4O2/c1-5-12-6-7-14(16(22)8-12)17(23)18-10-15(20(2)3)13-9-19-21(4)11-13/h6-9,11,15,22H,5,10H2,1-4H3,(H,18,23)/t15-/m0/s1. The van der Waals surface area contributed by atoms with Gasteiger partial charge in [-0.05, 0) is 38.2 Å². The fourth-order valence-corrected chi connectivity index (χ4v) is 2.48. The third-order valence-electron chi connectivity index (χ3n) is 3.90. The van der Waals surface area contributed by atoms with Gasteiger partial charge >= 0.3 is 0 Å². The van der Waals surface area contributed by atoms with Gasteiger partial charge in [0, 0.05) is 25.4 Å². The van der Waals surface area contributed by atoms with Gasteiger partial charge in [-0.3, -0.25) is 9.48 Å². The summed E-state index contributed by atoms with van der Waals surface area (Å²) in [5.74, 6) is -0.259. The van der Waals surface area contributed by atoms with Crippen molar-refractivity contribution in [2.45, 2.75) is 19.4 Å². The van der Waals surface area contributed by atoms with Crippen LogP contribution >= 0.6 is 0 Å². The maximum atomic E-state index is 12.3. The van der Waals surface area contributed by atoms with Gasteiger partial charge in [-0.15, -0.1) is 0 Å². The quantitative estimate of drug-likeness (QED) is 0.851. The second-order valence-corrected chi connectivity index (χ2v) is 5.84. The highest BCUT2D eigenvalue weighted by Crippen LogP contribution is 2.20. The Morgan fingerprint density at radius 3 is 2.70 bits per heavy atom. The van der Waals surface area contributed by atoms with Crippen LogP contribution in [0.15, 0.2) is 30.6 Å². The molecule has 6 nitrogen and oxygen atoms in total. The molecule has 0 unspecified atom stereocenters. The molecule has 0 bridgehead atoms. The van der Waals surface area contributed by atoms with E-state index in [9.17, 15) is 9.90 Å². The van der Waals surface area contributed by atoms with Crippen LogP contribution < -0.4 is 5.32 Å². The largest absolute Gasteiger partial charge is 0.507 e. The molecule has 23 heavy (non-hydrogen) atoms. The van der Waals surface area contributed by atoms with E-state index < -0.39 is 0 Å². The molecule has 0 aliphatic heterocycles. The summed E-state index contributed by atoms with van der Waals surface area (Å²) in [6.07, 6.45) is 4.55. The molecular weight excluding hydrogens is 292 g/mol. The second-order valence-electron chi connectivity index (χ2n) is 5.84. The number of carbonyl (C=O) groups excluding carboxylic acids is 1. The highest BCUT2D eigenvalue weighted by atomic mass is 16.3. The third-order valence-corrected chi connectivity index (χ3v) is 3.90. The summed E-state index contributed by atoms with van der Waals surface area (Å²) < 4.78 is 1.74. The Morgan fingerprint density at radius 1 is 1.43 bits per heavy atom. The summed E-state index contributed by atoms with van der Waals surface area (Å²) in [4.78, 5) is 14.3. The Balaban J connectivity index is 2.07. The summed E-state index contributed by atoms with van der Waals surface area (Å²) in [6.45, 7) is 2.44. The average Bonchev–Trinajstić information content (AvgIpc) is 2.92. The number of amides is 1. The van der Waals surface area contributed by atoms with Crippen LogP contribution in [0.2, 0.25) is 0 Å². The van der Waals surface area contributed by atoms with Gasteiger partial charge in [0.2, 0.25) is 0 Å². The lowest BCUT2D eigenvalue weighted by Crippen LogP contribution is -2.34.